The molecule has 3 aromatic rings. The van der Waals surface area contributed by atoms with Gasteiger partial charge in [0, 0.05) is 11.0 Å². The average Bonchev–Trinajstić information content (AvgIpc) is 3.48. The van der Waals surface area contributed by atoms with Crippen molar-refractivity contribution in [2.24, 2.45) is 11.0 Å². The first kappa shape index (κ1) is 19.1. The highest BCUT2D eigenvalue weighted by atomic mass is 16.2. The largest absolute Gasteiger partial charge is 0.273 e. The SMILES string of the molecule is Cc1cc(C)c(/C=N/NC(=O)C2CC2(c2ccccc2)c2ccccc2)c(C)c1. The molecule has 146 valence electrons. The summed E-state index contributed by atoms with van der Waals surface area (Å²) >= 11 is 0. The van der Waals surface area contributed by atoms with E-state index in [-0.39, 0.29) is 17.2 Å². The zero-order chi connectivity index (χ0) is 20.4. The minimum atomic E-state index is -0.266. The number of rotatable bonds is 5. The Morgan fingerprint density at radius 2 is 1.45 bits per heavy atom. The second-order valence-corrected chi connectivity index (χ2v) is 8.01. The summed E-state index contributed by atoms with van der Waals surface area (Å²) in [7, 11) is 0. The summed E-state index contributed by atoms with van der Waals surface area (Å²) in [5, 5.41) is 4.28. The van der Waals surface area contributed by atoms with Gasteiger partial charge in [-0.15, -0.1) is 0 Å². The van der Waals surface area contributed by atoms with Gasteiger partial charge in [0.15, 0.2) is 0 Å². The van der Waals surface area contributed by atoms with Crippen LogP contribution in [0, 0.1) is 26.7 Å². The molecule has 1 atom stereocenters. The molecule has 0 aromatic heterocycles. The maximum atomic E-state index is 13.0. The zero-order valence-corrected chi connectivity index (χ0v) is 17.1. The van der Waals surface area contributed by atoms with Gasteiger partial charge in [-0.1, -0.05) is 78.4 Å². The first-order valence-corrected chi connectivity index (χ1v) is 10.0. The van der Waals surface area contributed by atoms with E-state index in [1.807, 2.05) is 36.4 Å². The van der Waals surface area contributed by atoms with Crippen LogP contribution in [0.3, 0.4) is 0 Å². The van der Waals surface area contributed by atoms with Crippen molar-refractivity contribution in [1.82, 2.24) is 5.43 Å². The molecular formula is C26H26N2O. The van der Waals surface area contributed by atoms with E-state index in [2.05, 4.69) is 67.7 Å². The predicted molar refractivity (Wildman–Crippen MR) is 118 cm³/mol. The summed E-state index contributed by atoms with van der Waals surface area (Å²) in [5.74, 6) is -0.152. The fourth-order valence-electron chi connectivity index (χ4n) is 4.49. The van der Waals surface area contributed by atoms with Crippen molar-refractivity contribution < 1.29 is 4.79 Å². The highest BCUT2D eigenvalue weighted by molar-refractivity contribution is 5.88. The van der Waals surface area contributed by atoms with E-state index in [1.165, 1.54) is 16.7 Å². The van der Waals surface area contributed by atoms with Crippen LogP contribution in [0.15, 0.2) is 77.9 Å². The highest BCUT2D eigenvalue weighted by Crippen LogP contribution is 2.58. The van der Waals surface area contributed by atoms with Crippen LogP contribution >= 0.6 is 0 Å². The molecule has 1 aliphatic rings. The lowest BCUT2D eigenvalue weighted by Crippen LogP contribution is -2.25. The molecule has 0 bridgehead atoms. The van der Waals surface area contributed by atoms with E-state index in [1.54, 1.807) is 6.21 Å². The van der Waals surface area contributed by atoms with Crippen LogP contribution in [0.2, 0.25) is 0 Å². The fourth-order valence-corrected chi connectivity index (χ4v) is 4.49. The van der Waals surface area contributed by atoms with Gasteiger partial charge in [-0.05, 0) is 49.4 Å². The fraction of sp³-hybridized carbons (Fsp3) is 0.231. The zero-order valence-electron chi connectivity index (χ0n) is 17.1. The van der Waals surface area contributed by atoms with Crippen molar-refractivity contribution in [3.63, 3.8) is 0 Å². The van der Waals surface area contributed by atoms with Crippen LogP contribution in [-0.4, -0.2) is 12.1 Å². The van der Waals surface area contributed by atoms with Crippen molar-refractivity contribution in [2.75, 3.05) is 0 Å². The van der Waals surface area contributed by atoms with E-state index >= 15 is 0 Å². The molecule has 3 heteroatoms. The monoisotopic (exact) mass is 382 g/mol. The number of hydrogen-bond donors (Lipinski definition) is 1. The lowest BCUT2D eigenvalue weighted by atomic mass is 9.85. The molecule has 1 amide bonds. The van der Waals surface area contributed by atoms with Crippen molar-refractivity contribution in [1.29, 1.82) is 0 Å². The number of nitrogens with zero attached hydrogens (tertiary/aromatic N) is 1. The van der Waals surface area contributed by atoms with E-state index in [0.717, 1.165) is 23.1 Å². The van der Waals surface area contributed by atoms with Crippen molar-refractivity contribution >= 4 is 12.1 Å². The Bertz CT molecular complexity index is 992. The highest BCUT2D eigenvalue weighted by Gasteiger charge is 2.60. The maximum absolute atomic E-state index is 13.0. The minimum Gasteiger partial charge on any atom is -0.273 e. The molecule has 0 saturated heterocycles. The Hall–Kier alpha value is -3.20. The van der Waals surface area contributed by atoms with Gasteiger partial charge in [0.1, 0.15) is 0 Å². The van der Waals surface area contributed by atoms with Gasteiger partial charge >= 0.3 is 0 Å². The molecule has 0 spiro atoms. The Labute approximate surface area is 172 Å². The lowest BCUT2D eigenvalue weighted by Gasteiger charge is -2.18. The van der Waals surface area contributed by atoms with E-state index in [9.17, 15) is 4.79 Å². The summed E-state index contributed by atoms with van der Waals surface area (Å²) in [6.45, 7) is 6.22. The Morgan fingerprint density at radius 3 is 1.97 bits per heavy atom. The first-order valence-electron chi connectivity index (χ1n) is 10.0. The average molecular weight is 383 g/mol. The molecular weight excluding hydrogens is 356 g/mol. The molecule has 3 nitrogen and oxygen atoms in total. The second kappa shape index (κ2) is 7.67. The molecule has 0 radical (unpaired) electrons. The third-order valence-corrected chi connectivity index (χ3v) is 5.96. The van der Waals surface area contributed by atoms with Gasteiger partial charge in [-0.25, -0.2) is 5.43 Å². The Morgan fingerprint density at radius 1 is 0.931 bits per heavy atom. The van der Waals surface area contributed by atoms with Gasteiger partial charge in [-0.3, -0.25) is 4.79 Å². The molecule has 1 N–H and O–H groups in total. The van der Waals surface area contributed by atoms with Crippen molar-refractivity contribution in [3.05, 3.63) is 106 Å². The summed E-state index contributed by atoms with van der Waals surface area (Å²) in [4.78, 5) is 13.0. The lowest BCUT2D eigenvalue weighted by molar-refractivity contribution is -0.122. The first-order chi connectivity index (χ1) is 14.0. The van der Waals surface area contributed by atoms with Crippen LogP contribution in [0.5, 0.6) is 0 Å². The number of aryl methyl sites for hydroxylation is 3. The number of amides is 1. The van der Waals surface area contributed by atoms with E-state index in [0.29, 0.717) is 0 Å². The normalized spacial score (nSPS) is 17.3. The Balaban J connectivity index is 1.55. The number of hydrazone groups is 1. The summed E-state index contributed by atoms with van der Waals surface area (Å²) in [6, 6.07) is 24.9. The molecule has 0 heterocycles. The Kier molecular flexibility index (Phi) is 5.06. The van der Waals surface area contributed by atoms with Gasteiger partial charge in [0.25, 0.3) is 0 Å². The van der Waals surface area contributed by atoms with Crippen LogP contribution in [0.4, 0.5) is 0 Å². The molecule has 0 aliphatic heterocycles. The number of carbonyl (C=O) groups excluding carboxylic acids is 1. The van der Waals surface area contributed by atoms with Crippen LogP contribution < -0.4 is 5.43 Å². The second-order valence-electron chi connectivity index (χ2n) is 8.01. The number of nitrogens with one attached hydrogen (secondary N) is 1. The third-order valence-electron chi connectivity index (χ3n) is 5.96. The number of hydrogen-bond acceptors (Lipinski definition) is 2. The van der Waals surface area contributed by atoms with Crippen LogP contribution in [0.25, 0.3) is 0 Å². The summed E-state index contributed by atoms with van der Waals surface area (Å²) in [6.07, 6.45) is 2.56. The summed E-state index contributed by atoms with van der Waals surface area (Å²) < 4.78 is 0. The van der Waals surface area contributed by atoms with Gasteiger partial charge < -0.3 is 0 Å². The third kappa shape index (κ3) is 3.61. The minimum absolute atomic E-state index is 0.0311. The topological polar surface area (TPSA) is 41.5 Å². The molecule has 29 heavy (non-hydrogen) atoms. The molecule has 1 fully saturated rings. The van der Waals surface area contributed by atoms with E-state index in [4.69, 9.17) is 0 Å². The van der Waals surface area contributed by atoms with Gasteiger partial charge in [0.05, 0.1) is 12.1 Å². The molecule has 4 rings (SSSR count). The van der Waals surface area contributed by atoms with Crippen LogP contribution in [0.1, 0.15) is 39.8 Å². The predicted octanol–water partition coefficient (Wildman–Crippen LogP) is 5.07. The molecule has 3 aromatic carbocycles. The number of benzene rings is 3. The molecule has 1 saturated carbocycles. The maximum Gasteiger partial charge on any atom is 0.244 e. The number of carbonyl (C=O) groups is 1. The molecule has 1 aliphatic carbocycles. The van der Waals surface area contributed by atoms with Crippen molar-refractivity contribution in [3.8, 4) is 0 Å². The molecule has 1 unspecified atom stereocenters. The van der Waals surface area contributed by atoms with Crippen molar-refractivity contribution in [2.45, 2.75) is 32.6 Å². The van der Waals surface area contributed by atoms with E-state index < -0.39 is 0 Å². The quantitative estimate of drug-likeness (QED) is 0.486. The van der Waals surface area contributed by atoms with Gasteiger partial charge in [-0.2, -0.15) is 5.10 Å². The smallest absolute Gasteiger partial charge is 0.244 e. The van der Waals surface area contributed by atoms with Gasteiger partial charge in [0.2, 0.25) is 5.91 Å². The van der Waals surface area contributed by atoms with Crippen LogP contribution in [-0.2, 0) is 10.2 Å². The standard InChI is InChI=1S/C26H26N2O/c1-18-14-19(2)23(20(3)15-18)17-27-28-25(29)24-16-26(24,21-10-6-4-7-11-21)22-12-8-5-9-13-22/h4-15,17,24H,16H2,1-3H3,(H,28,29)/b27-17+. The summed E-state index contributed by atoms with van der Waals surface area (Å²) in [5.41, 5.74) is 9.50.